The van der Waals surface area contributed by atoms with Gasteiger partial charge in [-0.1, -0.05) is 13.8 Å². The number of ether oxygens (including phenoxy) is 2. The van der Waals surface area contributed by atoms with E-state index in [4.69, 9.17) is 24.4 Å². The van der Waals surface area contributed by atoms with Crippen molar-refractivity contribution in [2.24, 2.45) is 28.8 Å². The zero-order valence-corrected chi connectivity index (χ0v) is 15.0. The fraction of sp³-hybridized carbons (Fsp3) is 1.00. The molecule has 24 heavy (non-hydrogen) atoms. The van der Waals surface area contributed by atoms with E-state index in [1.165, 1.54) is 0 Å². The van der Waals surface area contributed by atoms with Gasteiger partial charge in [0.25, 0.3) is 10.2 Å². The lowest BCUT2D eigenvalue weighted by atomic mass is 9.58. The van der Waals surface area contributed by atoms with E-state index in [1.54, 1.807) is 0 Å². The first-order valence-corrected chi connectivity index (χ1v) is 10.2. The molecule has 4 aliphatic heterocycles. The summed E-state index contributed by atoms with van der Waals surface area (Å²) in [6.07, 6.45) is 2.22. The Morgan fingerprint density at radius 3 is 2.58 bits per heavy atom. The Kier molecular flexibility index (Phi) is 3.82. The third kappa shape index (κ3) is 2.45. The molecule has 3 N–H and O–H groups in total. The van der Waals surface area contributed by atoms with Crippen LogP contribution in [0.1, 0.15) is 46.5 Å². The number of fused-ring (bicyclic) bond motifs is 2. The zero-order chi connectivity index (χ0) is 17.3. The van der Waals surface area contributed by atoms with Crippen molar-refractivity contribution in [2.75, 3.05) is 0 Å². The molecule has 5 aliphatic rings. The molecule has 0 amide bonds. The molecular formula is C15H26N2O6S. The van der Waals surface area contributed by atoms with Crippen molar-refractivity contribution < 1.29 is 27.7 Å². The van der Waals surface area contributed by atoms with Gasteiger partial charge >= 0.3 is 0 Å². The number of nitrogens with one attached hydrogen (secondary N) is 1. The summed E-state index contributed by atoms with van der Waals surface area (Å²) in [5.41, 5.74) is -0.691. The van der Waals surface area contributed by atoms with Gasteiger partial charge in [0, 0.05) is 18.3 Å². The molecule has 9 heteroatoms. The quantitative estimate of drug-likeness (QED) is 0.709. The second-order valence-corrected chi connectivity index (χ2v) is 9.31. The molecule has 0 aromatic carbocycles. The van der Waals surface area contributed by atoms with E-state index in [9.17, 15) is 8.42 Å². The lowest BCUT2D eigenvalue weighted by molar-refractivity contribution is -0.571. The van der Waals surface area contributed by atoms with Gasteiger partial charge in [-0.05, 0) is 38.0 Å². The van der Waals surface area contributed by atoms with Crippen LogP contribution >= 0.6 is 0 Å². The van der Waals surface area contributed by atoms with Gasteiger partial charge in [-0.2, -0.15) is 13.1 Å². The summed E-state index contributed by atoms with van der Waals surface area (Å²) in [5, 5.41) is 5.16. The van der Waals surface area contributed by atoms with Crippen LogP contribution in [0.25, 0.3) is 0 Å². The number of rotatable bonds is 2. The predicted octanol–water partition coefficient (Wildman–Crippen LogP) is 0.988. The molecule has 8 atom stereocenters. The second-order valence-electron chi connectivity index (χ2n) is 7.99. The van der Waals surface area contributed by atoms with E-state index in [2.05, 4.69) is 11.6 Å². The van der Waals surface area contributed by atoms with Crippen LogP contribution in [0.5, 0.6) is 0 Å². The normalized spacial score (nSPS) is 54.2. The molecule has 1 spiro atoms. The molecule has 1 aliphatic carbocycles. The minimum absolute atomic E-state index is 0.0688. The molecule has 5 fully saturated rings. The van der Waals surface area contributed by atoms with E-state index in [1.807, 2.05) is 13.8 Å². The van der Waals surface area contributed by atoms with E-state index in [0.717, 1.165) is 25.7 Å². The highest BCUT2D eigenvalue weighted by atomic mass is 32.2. The molecule has 4 saturated heterocycles. The summed E-state index contributed by atoms with van der Waals surface area (Å²) in [5.74, 6) is -0.188. The number of nitrogens with two attached hydrogens (primary N) is 1. The molecule has 0 aromatic rings. The van der Waals surface area contributed by atoms with Crippen molar-refractivity contribution in [2.45, 2.75) is 70.4 Å². The van der Waals surface area contributed by atoms with Crippen LogP contribution in [-0.2, 0) is 29.5 Å². The zero-order valence-electron chi connectivity index (χ0n) is 14.2. The van der Waals surface area contributed by atoms with Gasteiger partial charge in [0.15, 0.2) is 11.9 Å². The molecule has 0 unspecified atom stereocenters. The summed E-state index contributed by atoms with van der Waals surface area (Å²) >= 11 is 0. The Morgan fingerprint density at radius 1 is 1.12 bits per heavy atom. The average Bonchev–Trinajstić information content (AvgIpc) is 2.69. The Labute approximate surface area is 142 Å². The molecule has 0 radical (unpaired) electrons. The van der Waals surface area contributed by atoms with Gasteiger partial charge in [-0.3, -0.25) is 0 Å². The Balaban J connectivity index is 1.75. The van der Waals surface area contributed by atoms with Crippen LogP contribution in [-0.4, -0.2) is 32.3 Å². The fourth-order valence-corrected chi connectivity index (χ4v) is 5.80. The molecular weight excluding hydrogens is 336 g/mol. The summed E-state index contributed by atoms with van der Waals surface area (Å²) in [6, 6.07) is 0. The lowest BCUT2D eigenvalue weighted by Crippen LogP contribution is -2.72. The third-order valence-electron chi connectivity index (χ3n) is 6.44. The highest BCUT2D eigenvalue weighted by Crippen LogP contribution is 2.60. The maximum atomic E-state index is 11.5. The first kappa shape index (κ1) is 17.1. The second kappa shape index (κ2) is 5.35. The van der Waals surface area contributed by atoms with Crippen molar-refractivity contribution in [1.82, 2.24) is 4.72 Å². The van der Waals surface area contributed by atoms with Crippen molar-refractivity contribution in [1.29, 1.82) is 0 Å². The SMILES string of the molecule is C[C@H]1[C@H](NS(N)(=O)=O)O[C@@H]2O[C@]3(C)CC[C@H]4[C@H](C)CC[C@@H]1[C@@]24OO3. The van der Waals surface area contributed by atoms with Gasteiger partial charge < -0.3 is 9.47 Å². The van der Waals surface area contributed by atoms with Crippen molar-refractivity contribution in [3.63, 3.8) is 0 Å². The van der Waals surface area contributed by atoms with Crippen molar-refractivity contribution >= 4 is 10.2 Å². The lowest BCUT2D eigenvalue weighted by Gasteiger charge is -2.60. The Bertz CT molecular complexity index is 629. The highest BCUT2D eigenvalue weighted by molar-refractivity contribution is 7.87. The van der Waals surface area contributed by atoms with Crippen LogP contribution in [0.2, 0.25) is 0 Å². The molecule has 138 valence electrons. The van der Waals surface area contributed by atoms with E-state index >= 15 is 0 Å². The molecule has 8 nitrogen and oxygen atoms in total. The van der Waals surface area contributed by atoms with Gasteiger partial charge in [0.1, 0.15) is 6.23 Å². The Hall–Kier alpha value is -0.290. The topological polar surface area (TPSA) is 109 Å². The maximum absolute atomic E-state index is 11.5. The minimum Gasteiger partial charge on any atom is -0.330 e. The van der Waals surface area contributed by atoms with Crippen LogP contribution in [0.3, 0.4) is 0 Å². The largest absolute Gasteiger partial charge is 0.330 e. The van der Waals surface area contributed by atoms with E-state index < -0.39 is 34.1 Å². The predicted molar refractivity (Wildman–Crippen MR) is 83.1 cm³/mol. The smallest absolute Gasteiger partial charge is 0.276 e. The molecule has 5 rings (SSSR count). The van der Waals surface area contributed by atoms with Crippen LogP contribution in [0.15, 0.2) is 0 Å². The number of hydrogen-bond acceptors (Lipinski definition) is 6. The third-order valence-corrected chi connectivity index (χ3v) is 7.00. The minimum atomic E-state index is -3.87. The molecule has 4 heterocycles. The monoisotopic (exact) mass is 362 g/mol. The first-order valence-electron chi connectivity index (χ1n) is 8.65. The summed E-state index contributed by atoms with van der Waals surface area (Å²) < 4.78 is 37.6. The number of hydrogen-bond donors (Lipinski definition) is 2. The summed E-state index contributed by atoms with van der Waals surface area (Å²) in [4.78, 5) is 11.7. The van der Waals surface area contributed by atoms with Gasteiger partial charge in [-0.15, -0.1) is 0 Å². The average molecular weight is 362 g/mol. The van der Waals surface area contributed by atoms with E-state index in [-0.39, 0.29) is 17.8 Å². The van der Waals surface area contributed by atoms with Crippen molar-refractivity contribution in [3.05, 3.63) is 0 Å². The summed E-state index contributed by atoms with van der Waals surface area (Å²) in [6.45, 7) is 6.03. The van der Waals surface area contributed by atoms with E-state index in [0.29, 0.717) is 5.92 Å². The van der Waals surface area contributed by atoms with Crippen LogP contribution in [0, 0.1) is 23.7 Å². The van der Waals surface area contributed by atoms with Gasteiger partial charge in [0.2, 0.25) is 5.79 Å². The molecule has 2 bridgehead atoms. The fourth-order valence-electron chi connectivity index (χ4n) is 5.20. The standard InChI is InChI=1S/C15H26N2O6S/c1-8-4-5-11-9(2)12(17-24(16,18)19)20-13-15(11)10(8)6-7-14(3,21-13)22-23-15/h8-13,17H,4-7H2,1-3H3,(H2,16,18,19)/t8-,9-,10+,11+,12-,13-,14+,15-/m1/s1. The first-order chi connectivity index (χ1) is 11.1. The van der Waals surface area contributed by atoms with Crippen LogP contribution < -0.4 is 9.86 Å². The maximum Gasteiger partial charge on any atom is 0.276 e. The Morgan fingerprint density at radius 2 is 1.88 bits per heavy atom. The highest BCUT2D eigenvalue weighted by Gasteiger charge is 2.69. The van der Waals surface area contributed by atoms with Crippen molar-refractivity contribution in [3.8, 4) is 0 Å². The molecule has 0 aromatic heterocycles. The van der Waals surface area contributed by atoms with Crippen LogP contribution in [0.4, 0.5) is 0 Å². The molecule has 1 saturated carbocycles. The van der Waals surface area contributed by atoms with Gasteiger partial charge in [0.05, 0.1) is 0 Å². The summed E-state index contributed by atoms with van der Waals surface area (Å²) in [7, 11) is -3.87. The van der Waals surface area contributed by atoms with Gasteiger partial charge in [-0.25, -0.2) is 14.9 Å².